The Labute approximate surface area is 107 Å². The number of hydrogen-bond donors (Lipinski definition) is 3. The van der Waals surface area contributed by atoms with Gasteiger partial charge in [-0.25, -0.2) is 0 Å². The summed E-state index contributed by atoms with van der Waals surface area (Å²) in [5, 5.41) is 11.9. The summed E-state index contributed by atoms with van der Waals surface area (Å²) in [5.41, 5.74) is 6.43. The number of rotatable bonds is 6. The van der Waals surface area contributed by atoms with Crippen LogP contribution in [0.3, 0.4) is 0 Å². The highest BCUT2D eigenvalue weighted by Crippen LogP contribution is 2.14. The van der Waals surface area contributed by atoms with E-state index in [1.54, 1.807) is 12.1 Å². The molecule has 18 heavy (non-hydrogen) atoms. The fourth-order valence-electron chi connectivity index (χ4n) is 1.66. The number of amides is 1. The van der Waals surface area contributed by atoms with Crippen molar-refractivity contribution in [1.29, 1.82) is 0 Å². The number of aliphatic hydroxyl groups excluding tert-OH is 1. The number of carbonyl (C=O) groups is 1. The molecule has 0 saturated carbocycles. The molecule has 1 amide bonds. The number of carbonyl (C=O) groups excluding carboxylic acids is 1. The number of nitrogens with one attached hydrogen (secondary N) is 1. The molecule has 0 bridgehead atoms. The Hall–Kier alpha value is -1.62. The molecule has 5 nitrogen and oxygen atoms in total. The summed E-state index contributed by atoms with van der Waals surface area (Å²) in [6.07, 6.45) is 3.08. The maximum atomic E-state index is 11.9. The van der Waals surface area contributed by atoms with Crippen molar-refractivity contribution in [3.63, 3.8) is 0 Å². The Morgan fingerprint density at radius 3 is 2.78 bits per heavy atom. The van der Waals surface area contributed by atoms with Crippen LogP contribution in [0.5, 0.6) is 0 Å². The molecule has 4 N–H and O–H groups in total. The van der Waals surface area contributed by atoms with Gasteiger partial charge in [-0.05, 0) is 31.9 Å². The SMILES string of the molecule is CCC(C)(CCO)NC(=O)Cc1ccc(N)cn1. The molecule has 1 rings (SSSR count). The van der Waals surface area contributed by atoms with Gasteiger partial charge in [-0.15, -0.1) is 0 Å². The van der Waals surface area contributed by atoms with Crippen molar-refractivity contribution in [2.24, 2.45) is 0 Å². The molecule has 1 atom stereocenters. The van der Waals surface area contributed by atoms with E-state index in [1.807, 2.05) is 13.8 Å². The maximum absolute atomic E-state index is 11.9. The third kappa shape index (κ3) is 4.33. The van der Waals surface area contributed by atoms with Crippen LogP contribution in [0, 0.1) is 0 Å². The zero-order chi connectivity index (χ0) is 13.6. The molecule has 0 aliphatic heterocycles. The van der Waals surface area contributed by atoms with Crippen LogP contribution in [-0.4, -0.2) is 28.1 Å². The predicted molar refractivity (Wildman–Crippen MR) is 70.9 cm³/mol. The lowest BCUT2D eigenvalue weighted by atomic mass is 9.94. The summed E-state index contributed by atoms with van der Waals surface area (Å²) >= 11 is 0. The van der Waals surface area contributed by atoms with Gasteiger partial charge in [0.05, 0.1) is 18.3 Å². The first-order valence-electron chi connectivity index (χ1n) is 6.11. The minimum absolute atomic E-state index is 0.0603. The highest BCUT2D eigenvalue weighted by atomic mass is 16.3. The van der Waals surface area contributed by atoms with Crippen LogP contribution in [0.25, 0.3) is 0 Å². The Morgan fingerprint density at radius 2 is 2.28 bits per heavy atom. The molecule has 0 aliphatic rings. The number of nitrogens with two attached hydrogens (primary N) is 1. The summed E-state index contributed by atoms with van der Waals surface area (Å²) < 4.78 is 0. The van der Waals surface area contributed by atoms with Crippen molar-refractivity contribution in [3.05, 3.63) is 24.0 Å². The van der Waals surface area contributed by atoms with Crippen molar-refractivity contribution in [3.8, 4) is 0 Å². The van der Waals surface area contributed by atoms with Gasteiger partial charge in [-0.3, -0.25) is 9.78 Å². The van der Waals surface area contributed by atoms with E-state index in [4.69, 9.17) is 10.8 Å². The summed E-state index contributed by atoms with van der Waals surface area (Å²) in [6, 6.07) is 3.46. The normalized spacial score (nSPS) is 13.9. The number of aromatic nitrogens is 1. The first kappa shape index (κ1) is 14.4. The zero-order valence-electron chi connectivity index (χ0n) is 10.9. The average molecular weight is 251 g/mol. The molecule has 0 aromatic carbocycles. The van der Waals surface area contributed by atoms with Crippen LogP contribution >= 0.6 is 0 Å². The molecule has 100 valence electrons. The van der Waals surface area contributed by atoms with E-state index < -0.39 is 0 Å². The maximum Gasteiger partial charge on any atom is 0.226 e. The van der Waals surface area contributed by atoms with Crippen molar-refractivity contribution in [2.75, 3.05) is 12.3 Å². The van der Waals surface area contributed by atoms with Gasteiger partial charge in [0.15, 0.2) is 0 Å². The van der Waals surface area contributed by atoms with E-state index in [9.17, 15) is 4.79 Å². The third-order valence-corrected chi connectivity index (χ3v) is 3.07. The molecule has 1 unspecified atom stereocenters. The van der Waals surface area contributed by atoms with Gasteiger partial charge in [-0.1, -0.05) is 6.92 Å². The molecule has 0 spiro atoms. The summed E-state index contributed by atoms with van der Waals surface area (Å²) in [5.74, 6) is -0.0925. The molecule has 0 aliphatic carbocycles. The predicted octanol–water partition coefficient (Wildman–Crippen LogP) is 0.874. The Balaban J connectivity index is 2.58. The minimum atomic E-state index is -0.361. The second-order valence-electron chi connectivity index (χ2n) is 4.70. The van der Waals surface area contributed by atoms with Crippen LogP contribution in [0.1, 0.15) is 32.4 Å². The molecule has 1 aromatic heterocycles. The largest absolute Gasteiger partial charge is 0.397 e. The Morgan fingerprint density at radius 1 is 1.56 bits per heavy atom. The van der Waals surface area contributed by atoms with Crippen LogP contribution in [0.15, 0.2) is 18.3 Å². The molecule has 5 heteroatoms. The van der Waals surface area contributed by atoms with Crippen LogP contribution in [0.2, 0.25) is 0 Å². The first-order valence-corrected chi connectivity index (χ1v) is 6.11. The lowest BCUT2D eigenvalue weighted by molar-refractivity contribution is -0.122. The van der Waals surface area contributed by atoms with E-state index in [0.29, 0.717) is 17.8 Å². The van der Waals surface area contributed by atoms with E-state index in [-0.39, 0.29) is 24.5 Å². The lowest BCUT2D eigenvalue weighted by Crippen LogP contribution is -2.46. The van der Waals surface area contributed by atoms with Crippen LogP contribution < -0.4 is 11.1 Å². The van der Waals surface area contributed by atoms with Crippen molar-refractivity contribution in [2.45, 2.75) is 38.6 Å². The number of pyridine rings is 1. The summed E-state index contributed by atoms with van der Waals surface area (Å²) in [6.45, 7) is 3.97. The van der Waals surface area contributed by atoms with Crippen molar-refractivity contribution < 1.29 is 9.90 Å². The van der Waals surface area contributed by atoms with E-state index in [0.717, 1.165) is 6.42 Å². The van der Waals surface area contributed by atoms with Gasteiger partial charge < -0.3 is 16.2 Å². The third-order valence-electron chi connectivity index (χ3n) is 3.07. The molecule has 0 radical (unpaired) electrons. The molecule has 0 saturated heterocycles. The van der Waals surface area contributed by atoms with Crippen LogP contribution in [0.4, 0.5) is 5.69 Å². The Bertz CT molecular complexity index is 392. The van der Waals surface area contributed by atoms with Crippen molar-refractivity contribution >= 4 is 11.6 Å². The second kappa shape index (κ2) is 6.35. The van der Waals surface area contributed by atoms with Gasteiger partial charge in [0, 0.05) is 17.8 Å². The van der Waals surface area contributed by atoms with E-state index >= 15 is 0 Å². The zero-order valence-corrected chi connectivity index (χ0v) is 10.9. The second-order valence-corrected chi connectivity index (χ2v) is 4.70. The van der Waals surface area contributed by atoms with E-state index in [2.05, 4.69) is 10.3 Å². The van der Waals surface area contributed by atoms with Crippen molar-refractivity contribution in [1.82, 2.24) is 10.3 Å². The van der Waals surface area contributed by atoms with Gasteiger partial charge >= 0.3 is 0 Å². The highest BCUT2D eigenvalue weighted by molar-refractivity contribution is 5.78. The summed E-state index contributed by atoms with van der Waals surface area (Å²) in [7, 11) is 0. The molecule has 1 heterocycles. The van der Waals surface area contributed by atoms with Gasteiger partial charge in [0.1, 0.15) is 0 Å². The fourth-order valence-corrected chi connectivity index (χ4v) is 1.66. The fraction of sp³-hybridized carbons (Fsp3) is 0.538. The topological polar surface area (TPSA) is 88.2 Å². The standard InChI is InChI=1S/C13H21N3O2/c1-3-13(2,6-7-17)16-12(18)8-11-5-4-10(14)9-15-11/h4-5,9,17H,3,6-8,14H2,1-2H3,(H,16,18). The van der Waals surface area contributed by atoms with Crippen LogP contribution in [-0.2, 0) is 11.2 Å². The number of nitrogen functional groups attached to an aromatic ring is 1. The van der Waals surface area contributed by atoms with Gasteiger partial charge in [-0.2, -0.15) is 0 Å². The van der Waals surface area contributed by atoms with Gasteiger partial charge in [0.2, 0.25) is 5.91 Å². The van der Waals surface area contributed by atoms with Gasteiger partial charge in [0.25, 0.3) is 0 Å². The lowest BCUT2D eigenvalue weighted by Gasteiger charge is -2.28. The molecular formula is C13H21N3O2. The molecule has 1 aromatic rings. The number of anilines is 1. The number of aliphatic hydroxyl groups is 1. The number of nitrogens with zero attached hydrogens (tertiary/aromatic N) is 1. The first-order chi connectivity index (χ1) is 8.49. The number of hydrogen-bond acceptors (Lipinski definition) is 4. The highest BCUT2D eigenvalue weighted by Gasteiger charge is 2.23. The Kier molecular flexibility index (Phi) is 5.09. The average Bonchev–Trinajstić information content (AvgIpc) is 2.32. The minimum Gasteiger partial charge on any atom is -0.397 e. The molecule has 0 fully saturated rings. The quantitative estimate of drug-likeness (QED) is 0.700. The summed E-state index contributed by atoms with van der Waals surface area (Å²) in [4.78, 5) is 16.0. The molecular weight excluding hydrogens is 230 g/mol. The monoisotopic (exact) mass is 251 g/mol. The smallest absolute Gasteiger partial charge is 0.226 e. The van der Waals surface area contributed by atoms with E-state index in [1.165, 1.54) is 6.20 Å².